The number of rotatable bonds is 8. The van der Waals surface area contributed by atoms with Gasteiger partial charge < -0.3 is 30.9 Å². The maximum Gasteiger partial charge on any atom is 0.256 e. The molecule has 1 fully saturated rings. The number of aromatic nitrogens is 2. The number of ether oxygens (including phenoxy) is 1. The molecule has 0 atom stereocenters. The molecular weight excluding hydrogens is 508 g/mol. The lowest BCUT2D eigenvalue weighted by atomic mass is 9.85. The van der Waals surface area contributed by atoms with E-state index in [1.54, 1.807) is 18.2 Å². The molecule has 2 aromatic rings. The maximum absolute atomic E-state index is 13.3. The monoisotopic (exact) mass is 546 g/mol. The largest absolute Gasteiger partial charge is 0.488 e. The highest BCUT2D eigenvalue weighted by molar-refractivity contribution is 5.99. The minimum absolute atomic E-state index is 0.0275. The molecule has 2 amide bonds. The van der Waals surface area contributed by atoms with E-state index in [4.69, 9.17) is 4.74 Å². The summed E-state index contributed by atoms with van der Waals surface area (Å²) >= 11 is 0. The van der Waals surface area contributed by atoms with Gasteiger partial charge in [-0.1, -0.05) is 19.9 Å². The van der Waals surface area contributed by atoms with Gasteiger partial charge in [-0.05, 0) is 57.0 Å². The van der Waals surface area contributed by atoms with Crippen molar-refractivity contribution in [2.45, 2.75) is 45.6 Å². The second kappa shape index (κ2) is 14.3. The van der Waals surface area contributed by atoms with Gasteiger partial charge in [0.15, 0.2) is 0 Å². The summed E-state index contributed by atoms with van der Waals surface area (Å²) < 4.78 is 5.76. The molecular formula is C29H38N8O3. The summed E-state index contributed by atoms with van der Waals surface area (Å²) in [4.78, 5) is 37.1. The van der Waals surface area contributed by atoms with Crippen LogP contribution in [-0.2, 0) is 4.79 Å². The zero-order valence-corrected chi connectivity index (χ0v) is 23.2. The summed E-state index contributed by atoms with van der Waals surface area (Å²) in [5.41, 5.74) is 1.35. The number of fused-ring (bicyclic) bond motifs is 4. The summed E-state index contributed by atoms with van der Waals surface area (Å²) in [6.07, 6.45) is 8.15. The molecule has 40 heavy (non-hydrogen) atoms. The molecule has 4 bridgehead atoms. The van der Waals surface area contributed by atoms with Gasteiger partial charge >= 0.3 is 0 Å². The van der Waals surface area contributed by atoms with Crippen LogP contribution in [0.1, 0.15) is 55.5 Å². The Bertz CT molecular complexity index is 1250. The Labute approximate surface area is 235 Å². The summed E-state index contributed by atoms with van der Waals surface area (Å²) in [5, 5.41) is 21.9. The molecule has 1 aromatic carbocycles. The van der Waals surface area contributed by atoms with Crippen molar-refractivity contribution >= 4 is 29.3 Å². The van der Waals surface area contributed by atoms with Gasteiger partial charge in [0.1, 0.15) is 29.8 Å². The second-order valence-corrected chi connectivity index (χ2v) is 9.91. The Kier molecular flexibility index (Phi) is 10.3. The molecule has 0 spiro atoms. The Hall–Kier alpha value is -4.17. The van der Waals surface area contributed by atoms with Crippen molar-refractivity contribution in [3.8, 4) is 11.8 Å². The maximum atomic E-state index is 13.3. The van der Waals surface area contributed by atoms with Crippen molar-refractivity contribution in [3.05, 3.63) is 47.7 Å². The standard InChI is InChI=1S/C29H38N8O3/c1-3-37(4-2)15-14-31-27(38)20-7-10-22(11-8-20)35-28(39)24-19-33-29-32-13-5-6-16-40-25-17-23(34-26(24)36-29)12-9-21(25)18-30/h5-6,9,12,17,19-20,22H,3-4,7-8,10-11,13-16H2,1-2H3,(H,31,38)(H,35,39)(H2,32,33,34,36)/b6-5-. The topological polar surface area (TPSA) is 144 Å². The highest BCUT2D eigenvalue weighted by atomic mass is 16.5. The quantitative estimate of drug-likeness (QED) is 0.367. The summed E-state index contributed by atoms with van der Waals surface area (Å²) in [6, 6.07) is 7.23. The number of likely N-dealkylation sites (N-methyl/N-ethyl adjacent to an activating group) is 1. The first-order valence-corrected chi connectivity index (χ1v) is 14.0. The van der Waals surface area contributed by atoms with Gasteiger partial charge in [0.05, 0.1) is 5.56 Å². The smallest absolute Gasteiger partial charge is 0.256 e. The van der Waals surface area contributed by atoms with Gasteiger partial charge in [-0.3, -0.25) is 9.59 Å². The van der Waals surface area contributed by atoms with E-state index < -0.39 is 0 Å². The lowest BCUT2D eigenvalue weighted by Gasteiger charge is -2.29. The third-order valence-electron chi connectivity index (χ3n) is 7.33. The normalized spacial score (nSPS) is 19.2. The Morgan fingerprint density at radius 3 is 2.73 bits per heavy atom. The minimum Gasteiger partial charge on any atom is -0.488 e. The van der Waals surface area contributed by atoms with Crippen LogP contribution in [0.25, 0.3) is 0 Å². The van der Waals surface area contributed by atoms with Crippen molar-refractivity contribution < 1.29 is 14.3 Å². The SMILES string of the molecule is CCN(CC)CCNC(=O)C1CCC(NC(=O)c2cnc3nc2Nc2ccc(C#N)c(c2)OC/C=C\CN3)CC1. The summed E-state index contributed by atoms with van der Waals surface area (Å²) in [5.74, 6) is 0.958. The Morgan fingerprint density at radius 2 is 1.98 bits per heavy atom. The molecule has 11 nitrogen and oxygen atoms in total. The van der Waals surface area contributed by atoms with E-state index in [-0.39, 0.29) is 23.8 Å². The first-order chi connectivity index (χ1) is 19.5. The van der Waals surface area contributed by atoms with E-state index in [1.165, 1.54) is 6.20 Å². The molecule has 1 aliphatic carbocycles. The number of carbonyl (C=O) groups is 2. The number of benzene rings is 1. The first-order valence-electron chi connectivity index (χ1n) is 14.0. The number of anilines is 3. The highest BCUT2D eigenvalue weighted by Crippen LogP contribution is 2.28. The van der Waals surface area contributed by atoms with Crippen molar-refractivity contribution in [3.63, 3.8) is 0 Å². The van der Waals surface area contributed by atoms with Gasteiger partial charge in [-0.25, -0.2) is 4.98 Å². The molecule has 2 aliphatic rings. The van der Waals surface area contributed by atoms with E-state index in [0.29, 0.717) is 54.0 Å². The minimum atomic E-state index is -0.282. The fourth-order valence-electron chi connectivity index (χ4n) is 4.90. The number of hydrogen-bond donors (Lipinski definition) is 4. The van der Waals surface area contributed by atoms with Gasteiger partial charge in [-0.15, -0.1) is 0 Å². The molecule has 1 aliphatic heterocycles. The number of nitriles is 1. The molecule has 1 saturated carbocycles. The van der Waals surface area contributed by atoms with E-state index >= 15 is 0 Å². The van der Waals surface area contributed by atoms with Crippen LogP contribution in [0, 0.1) is 17.2 Å². The number of carbonyl (C=O) groups excluding carboxylic acids is 2. The van der Waals surface area contributed by atoms with E-state index in [9.17, 15) is 14.9 Å². The lowest BCUT2D eigenvalue weighted by Crippen LogP contribution is -2.42. The lowest BCUT2D eigenvalue weighted by molar-refractivity contribution is -0.126. The van der Waals surface area contributed by atoms with Crippen molar-refractivity contribution in [2.75, 3.05) is 50.0 Å². The average molecular weight is 547 g/mol. The van der Waals surface area contributed by atoms with Crippen LogP contribution in [0.15, 0.2) is 36.5 Å². The van der Waals surface area contributed by atoms with Crippen LogP contribution in [0.2, 0.25) is 0 Å². The molecule has 4 rings (SSSR count). The third-order valence-corrected chi connectivity index (χ3v) is 7.33. The Morgan fingerprint density at radius 1 is 1.18 bits per heavy atom. The molecule has 0 radical (unpaired) electrons. The van der Waals surface area contributed by atoms with Crippen molar-refractivity contribution in [1.82, 2.24) is 25.5 Å². The second-order valence-electron chi connectivity index (χ2n) is 9.91. The molecule has 4 N–H and O–H groups in total. The number of hydrogen-bond acceptors (Lipinski definition) is 9. The third kappa shape index (κ3) is 7.70. The van der Waals surface area contributed by atoms with Crippen LogP contribution >= 0.6 is 0 Å². The highest BCUT2D eigenvalue weighted by Gasteiger charge is 2.28. The predicted molar refractivity (Wildman–Crippen MR) is 154 cm³/mol. The van der Waals surface area contributed by atoms with Crippen LogP contribution < -0.4 is 26.0 Å². The molecule has 1 aromatic heterocycles. The van der Waals surface area contributed by atoms with Crippen LogP contribution in [0.3, 0.4) is 0 Å². The van der Waals surface area contributed by atoms with Crippen LogP contribution in [-0.4, -0.2) is 72.1 Å². The molecule has 212 valence electrons. The van der Waals surface area contributed by atoms with E-state index in [0.717, 1.165) is 45.3 Å². The predicted octanol–water partition coefficient (Wildman–Crippen LogP) is 3.20. The number of nitrogens with zero attached hydrogens (tertiary/aromatic N) is 4. The molecule has 0 unspecified atom stereocenters. The van der Waals surface area contributed by atoms with Gasteiger partial charge in [0.25, 0.3) is 5.91 Å². The Balaban J connectivity index is 1.39. The van der Waals surface area contributed by atoms with Crippen molar-refractivity contribution in [1.29, 1.82) is 5.26 Å². The number of nitrogens with one attached hydrogen (secondary N) is 4. The fraction of sp³-hybridized carbons (Fsp3) is 0.483. The van der Waals surface area contributed by atoms with E-state index in [1.807, 2.05) is 12.2 Å². The average Bonchev–Trinajstić information content (AvgIpc) is 2.98. The fourth-order valence-corrected chi connectivity index (χ4v) is 4.90. The van der Waals surface area contributed by atoms with Gasteiger partial charge in [-0.2, -0.15) is 10.2 Å². The van der Waals surface area contributed by atoms with E-state index in [2.05, 4.69) is 56.1 Å². The van der Waals surface area contributed by atoms with Gasteiger partial charge in [0, 0.05) is 49.5 Å². The van der Waals surface area contributed by atoms with Crippen LogP contribution in [0.4, 0.5) is 17.5 Å². The summed E-state index contributed by atoms with van der Waals surface area (Å²) in [7, 11) is 0. The number of amides is 2. The summed E-state index contributed by atoms with van der Waals surface area (Å²) in [6.45, 7) is 8.47. The molecule has 11 heteroatoms. The van der Waals surface area contributed by atoms with Gasteiger partial charge in [0.2, 0.25) is 11.9 Å². The molecule has 0 saturated heterocycles. The zero-order chi connectivity index (χ0) is 28.3. The molecule has 2 heterocycles. The zero-order valence-electron chi connectivity index (χ0n) is 23.2. The van der Waals surface area contributed by atoms with Crippen LogP contribution in [0.5, 0.6) is 5.75 Å². The first kappa shape index (κ1) is 28.8. The van der Waals surface area contributed by atoms with Crippen molar-refractivity contribution in [2.24, 2.45) is 5.92 Å².